The SMILES string of the molecule is COCCC1(C(=O)O)CCN(C)CC1.Cl. The molecule has 0 aromatic heterocycles. The van der Waals surface area contributed by atoms with Gasteiger partial charge in [0.25, 0.3) is 0 Å². The Morgan fingerprint density at radius 2 is 2.00 bits per heavy atom. The number of hydrogen-bond donors (Lipinski definition) is 1. The van der Waals surface area contributed by atoms with Crippen molar-refractivity contribution in [3.05, 3.63) is 0 Å². The lowest BCUT2D eigenvalue weighted by molar-refractivity contribution is -0.153. The van der Waals surface area contributed by atoms with E-state index < -0.39 is 11.4 Å². The predicted molar refractivity (Wildman–Crippen MR) is 60.5 cm³/mol. The second kappa shape index (κ2) is 6.30. The van der Waals surface area contributed by atoms with Crippen LogP contribution >= 0.6 is 12.4 Å². The van der Waals surface area contributed by atoms with Gasteiger partial charge >= 0.3 is 5.97 Å². The summed E-state index contributed by atoms with van der Waals surface area (Å²) in [6.07, 6.45) is 2.11. The van der Waals surface area contributed by atoms with Crippen LogP contribution in [-0.2, 0) is 9.53 Å². The molecule has 0 amide bonds. The van der Waals surface area contributed by atoms with Crippen LogP contribution in [0.5, 0.6) is 0 Å². The van der Waals surface area contributed by atoms with Crippen LogP contribution in [0.25, 0.3) is 0 Å². The normalized spacial score (nSPS) is 20.7. The van der Waals surface area contributed by atoms with Gasteiger partial charge < -0.3 is 14.7 Å². The van der Waals surface area contributed by atoms with Crippen molar-refractivity contribution in [3.8, 4) is 0 Å². The molecule has 1 aliphatic heterocycles. The quantitative estimate of drug-likeness (QED) is 0.800. The Morgan fingerprint density at radius 1 is 1.47 bits per heavy atom. The van der Waals surface area contributed by atoms with Crippen molar-refractivity contribution in [2.75, 3.05) is 33.9 Å². The fourth-order valence-electron chi connectivity index (χ4n) is 1.91. The average Bonchev–Trinajstić information content (AvgIpc) is 2.17. The Balaban J connectivity index is 0.00000196. The summed E-state index contributed by atoms with van der Waals surface area (Å²) in [5, 5.41) is 9.23. The van der Waals surface area contributed by atoms with Gasteiger partial charge in [-0.3, -0.25) is 4.79 Å². The van der Waals surface area contributed by atoms with Crippen molar-refractivity contribution in [1.82, 2.24) is 4.90 Å². The molecule has 1 aliphatic rings. The van der Waals surface area contributed by atoms with E-state index in [1.807, 2.05) is 7.05 Å². The fourth-order valence-corrected chi connectivity index (χ4v) is 1.91. The molecule has 1 rings (SSSR count). The van der Waals surface area contributed by atoms with Crippen LogP contribution in [0, 0.1) is 5.41 Å². The van der Waals surface area contributed by atoms with E-state index in [1.54, 1.807) is 7.11 Å². The van der Waals surface area contributed by atoms with E-state index in [2.05, 4.69) is 4.90 Å². The third-order valence-corrected chi connectivity index (χ3v) is 3.18. The number of likely N-dealkylation sites (tertiary alicyclic amines) is 1. The largest absolute Gasteiger partial charge is 0.481 e. The monoisotopic (exact) mass is 237 g/mol. The lowest BCUT2D eigenvalue weighted by Crippen LogP contribution is -2.43. The molecule has 0 radical (unpaired) electrons. The summed E-state index contributed by atoms with van der Waals surface area (Å²) in [7, 11) is 3.65. The van der Waals surface area contributed by atoms with Crippen molar-refractivity contribution >= 4 is 18.4 Å². The Kier molecular flexibility index (Phi) is 6.17. The molecule has 0 atom stereocenters. The maximum atomic E-state index is 11.2. The van der Waals surface area contributed by atoms with Crippen LogP contribution in [0.15, 0.2) is 0 Å². The molecule has 0 unspecified atom stereocenters. The van der Waals surface area contributed by atoms with Crippen molar-refractivity contribution < 1.29 is 14.6 Å². The molecule has 0 saturated carbocycles. The first-order valence-corrected chi connectivity index (χ1v) is 5.01. The number of methoxy groups -OCH3 is 1. The molecule has 1 fully saturated rings. The van der Waals surface area contributed by atoms with E-state index in [1.165, 1.54) is 0 Å². The number of piperidine rings is 1. The van der Waals surface area contributed by atoms with Gasteiger partial charge in [-0.25, -0.2) is 0 Å². The molecule has 0 spiro atoms. The molecule has 90 valence electrons. The topological polar surface area (TPSA) is 49.8 Å². The summed E-state index contributed by atoms with van der Waals surface area (Å²) in [6, 6.07) is 0. The molecular weight excluding hydrogens is 218 g/mol. The van der Waals surface area contributed by atoms with Gasteiger partial charge in [-0.2, -0.15) is 0 Å². The van der Waals surface area contributed by atoms with E-state index in [9.17, 15) is 9.90 Å². The highest BCUT2D eigenvalue weighted by Gasteiger charge is 2.40. The summed E-state index contributed by atoms with van der Waals surface area (Å²) in [6.45, 7) is 2.28. The van der Waals surface area contributed by atoms with Crippen LogP contribution in [0.2, 0.25) is 0 Å². The minimum atomic E-state index is -0.664. The zero-order chi connectivity index (χ0) is 10.6. The summed E-state index contributed by atoms with van der Waals surface area (Å²) >= 11 is 0. The maximum Gasteiger partial charge on any atom is 0.309 e. The van der Waals surface area contributed by atoms with E-state index >= 15 is 0 Å². The number of rotatable bonds is 4. The molecule has 0 aliphatic carbocycles. The van der Waals surface area contributed by atoms with Gasteiger partial charge in [0.2, 0.25) is 0 Å². The molecule has 0 bridgehead atoms. The summed E-state index contributed by atoms with van der Waals surface area (Å²) in [5.74, 6) is -0.664. The van der Waals surface area contributed by atoms with Crippen LogP contribution in [-0.4, -0.2) is 49.8 Å². The summed E-state index contributed by atoms with van der Waals surface area (Å²) in [4.78, 5) is 13.4. The molecule has 15 heavy (non-hydrogen) atoms. The van der Waals surface area contributed by atoms with E-state index in [0.717, 1.165) is 25.9 Å². The van der Waals surface area contributed by atoms with Crippen LogP contribution in [0.3, 0.4) is 0 Å². The van der Waals surface area contributed by atoms with Gasteiger partial charge in [0.1, 0.15) is 0 Å². The van der Waals surface area contributed by atoms with Crippen molar-refractivity contribution in [2.45, 2.75) is 19.3 Å². The highest BCUT2D eigenvalue weighted by molar-refractivity contribution is 5.85. The van der Waals surface area contributed by atoms with Crippen molar-refractivity contribution in [2.24, 2.45) is 5.41 Å². The molecule has 4 nitrogen and oxygen atoms in total. The van der Waals surface area contributed by atoms with Gasteiger partial charge in [-0.05, 0) is 39.4 Å². The average molecular weight is 238 g/mol. The fraction of sp³-hybridized carbons (Fsp3) is 0.900. The van der Waals surface area contributed by atoms with Gasteiger partial charge in [0.05, 0.1) is 5.41 Å². The number of carboxylic acids is 1. The van der Waals surface area contributed by atoms with Crippen LogP contribution in [0.4, 0.5) is 0 Å². The molecule has 1 heterocycles. The molecular formula is C10H20ClNO3. The lowest BCUT2D eigenvalue weighted by atomic mass is 9.76. The van der Waals surface area contributed by atoms with Gasteiger partial charge in [0.15, 0.2) is 0 Å². The smallest absolute Gasteiger partial charge is 0.309 e. The Hall–Kier alpha value is -0.320. The third kappa shape index (κ3) is 3.63. The predicted octanol–water partition coefficient (Wildman–Crippen LogP) is 1.24. The minimum absolute atomic E-state index is 0. The van der Waals surface area contributed by atoms with Crippen LogP contribution < -0.4 is 0 Å². The number of carbonyl (C=O) groups is 1. The van der Waals surface area contributed by atoms with Crippen molar-refractivity contribution in [1.29, 1.82) is 0 Å². The minimum Gasteiger partial charge on any atom is -0.481 e. The Bertz CT molecular complexity index is 197. The maximum absolute atomic E-state index is 11.2. The number of halogens is 1. The van der Waals surface area contributed by atoms with Gasteiger partial charge in [-0.1, -0.05) is 0 Å². The first kappa shape index (κ1) is 14.7. The van der Waals surface area contributed by atoms with Crippen molar-refractivity contribution in [3.63, 3.8) is 0 Å². The third-order valence-electron chi connectivity index (χ3n) is 3.18. The number of ether oxygens (including phenoxy) is 1. The summed E-state index contributed by atoms with van der Waals surface area (Å²) in [5.41, 5.74) is -0.539. The molecule has 0 aromatic rings. The standard InChI is InChI=1S/C10H19NO3.ClH/c1-11-6-3-10(4-7-11,9(12)13)5-8-14-2;/h3-8H2,1-2H3,(H,12,13);1H. The summed E-state index contributed by atoms with van der Waals surface area (Å²) < 4.78 is 4.97. The molecule has 0 aromatic carbocycles. The second-order valence-electron chi connectivity index (χ2n) is 4.13. The number of hydrogen-bond acceptors (Lipinski definition) is 3. The molecule has 1 saturated heterocycles. The first-order chi connectivity index (χ1) is 6.60. The number of nitrogens with zero attached hydrogens (tertiary/aromatic N) is 1. The van der Waals surface area contributed by atoms with Crippen LogP contribution in [0.1, 0.15) is 19.3 Å². The zero-order valence-corrected chi connectivity index (χ0v) is 10.2. The van der Waals surface area contributed by atoms with Gasteiger partial charge in [-0.15, -0.1) is 12.4 Å². The molecule has 5 heteroatoms. The second-order valence-corrected chi connectivity index (χ2v) is 4.13. The number of carboxylic acid groups (broad SMARTS) is 1. The highest BCUT2D eigenvalue weighted by atomic mass is 35.5. The first-order valence-electron chi connectivity index (χ1n) is 5.01. The lowest BCUT2D eigenvalue weighted by Gasteiger charge is -2.37. The van der Waals surface area contributed by atoms with E-state index in [-0.39, 0.29) is 12.4 Å². The van der Waals surface area contributed by atoms with E-state index in [4.69, 9.17) is 4.74 Å². The van der Waals surface area contributed by atoms with Gasteiger partial charge in [0, 0.05) is 13.7 Å². The van der Waals surface area contributed by atoms with E-state index in [0.29, 0.717) is 13.0 Å². The zero-order valence-electron chi connectivity index (χ0n) is 9.36. The molecule has 1 N–H and O–H groups in total. The Morgan fingerprint density at radius 3 is 2.40 bits per heavy atom. The Labute approximate surface area is 97.0 Å². The number of aliphatic carboxylic acids is 1. The highest BCUT2D eigenvalue weighted by Crippen LogP contribution is 2.34.